The molecule has 0 bridgehead atoms. The first-order valence-corrected chi connectivity index (χ1v) is 10.8. The maximum atomic E-state index is 12.4. The second kappa shape index (κ2) is 9.90. The van der Waals surface area contributed by atoms with Gasteiger partial charge in [0, 0.05) is 28.4 Å². The Kier molecular flexibility index (Phi) is 7.30. The summed E-state index contributed by atoms with van der Waals surface area (Å²) in [7, 11) is 0. The summed E-state index contributed by atoms with van der Waals surface area (Å²) in [5.41, 5.74) is 0.572. The molecule has 1 atom stereocenters. The third-order valence-electron chi connectivity index (χ3n) is 5.01. The van der Waals surface area contributed by atoms with Crippen molar-refractivity contribution in [3.8, 4) is 0 Å². The highest BCUT2D eigenvalue weighted by Gasteiger charge is 2.28. The van der Waals surface area contributed by atoms with Crippen LogP contribution in [0.5, 0.6) is 0 Å². The summed E-state index contributed by atoms with van der Waals surface area (Å²) in [4.78, 5) is 25.7. The lowest BCUT2D eigenvalue weighted by Gasteiger charge is -2.23. The van der Waals surface area contributed by atoms with Crippen molar-refractivity contribution in [2.24, 2.45) is 5.92 Å². The molecule has 1 aliphatic carbocycles. The molecule has 2 amide bonds. The van der Waals surface area contributed by atoms with Gasteiger partial charge >= 0.3 is 0 Å². The Bertz CT molecular complexity index is 740. The van der Waals surface area contributed by atoms with Gasteiger partial charge in [0.2, 0.25) is 5.91 Å². The molecular weight excluding hydrogens is 380 g/mol. The Balaban J connectivity index is 1.43. The molecule has 4 nitrogen and oxygen atoms in total. The van der Waals surface area contributed by atoms with Crippen LogP contribution in [0.2, 0.25) is 5.02 Å². The van der Waals surface area contributed by atoms with Gasteiger partial charge in [0.1, 0.15) is 0 Å². The molecule has 27 heavy (non-hydrogen) atoms. The largest absolute Gasteiger partial charge is 0.352 e. The summed E-state index contributed by atoms with van der Waals surface area (Å²) in [5, 5.41) is 8.75. The van der Waals surface area contributed by atoms with Gasteiger partial charge in [0.15, 0.2) is 0 Å². The summed E-state index contributed by atoms with van der Waals surface area (Å²) in [6.07, 6.45) is 5.89. The second-order valence-electron chi connectivity index (χ2n) is 6.97. The van der Waals surface area contributed by atoms with Gasteiger partial charge in [-0.2, -0.15) is 0 Å². The van der Waals surface area contributed by atoms with Crippen LogP contribution in [-0.2, 0) is 4.79 Å². The van der Waals surface area contributed by atoms with E-state index in [0.717, 1.165) is 0 Å². The molecule has 1 saturated carbocycles. The van der Waals surface area contributed by atoms with E-state index in [-0.39, 0.29) is 17.9 Å². The summed E-state index contributed by atoms with van der Waals surface area (Å²) < 4.78 is 0. The van der Waals surface area contributed by atoms with Crippen LogP contribution in [-0.4, -0.2) is 18.4 Å². The summed E-state index contributed by atoms with van der Waals surface area (Å²) in [6, 6.07) is 11.1. The maximum absolute atomic E-state index is 12.4. The third kappa shape index (κ3) is 5.81. The number of halogens is 1. The van der Waals surface area contributed by atoms with Gasteiger partial charge in [-0.3, -0.25) is 9.59 Å². The van der Waals surface area contributed by atoms with Crippen molar-refractivity contribution < 1.29 is 9.59 Å². The van der Waals surface area contributed by atoms with Gasteiger partial charge < -0.3 is 10.6 Å². The number of hydrogen-bond donors (Lipinski definition) is 2. The van der Waals surface area contributed by atoms with Crippen LogP contribution in [0.3, 0.4) is 0 Å². The highest BCUT2D eigenvalue weighted by Crippen LogP contribution is 2.37. The molecule has 0 spiro atoms. The second-order valence-corrected chi connectivity index (χ2v) is 8.39. The number of nitrogens with one attached hydrogen (secondary N) is 2. The van der Waals surface area contributed by atoms with Crippen LogP contribution in [0, 0.1) is 5.92 Å². The molecule has 3 rings (SSSR count). The molecule has 2 N–H and O–H groups in total. The summed E-state index contributed by atoms with van der Waals surface area (Å²) >= 11 is 7.54. The van der Waals surface area contributed by atoms with Crippen LogP contribution in [0.4, 0.5) is 0 Å². The van der Waals surface area contributed by atoms with Gasteiger partial charge in [-0.1, -0.05) is 30.5 Å². The number of thiophene rings is 1. The van der Waals surface area contributed by atoms with E-state index in [4.69, 9.17) is 11.6 Å². The standard InChI is InChI=1S/C21H25ClN2O2S/c22-17-11-9-16(10-12-17)21(26)23-13-3-8-19(25)24-20(15-5-1-2-6-15)18-7-4-14-27-18/h4,7,9-12,14-15,20H,1-3,5-6,8,13H2,(H,23,26)(H,24,25). The molecule has 0 aliphatic heterocycles. The van der Waals surface area contributed by atoms with E-state index >= 15 is 0 Å². The fraction of sp³-hybridized carbons (Fsp3) is 0.429. The monoisotopic (exact) mass is 404 g/mol. The summed E-state index contributed by atoms with van der Waals surface area (Å²) in [5.74, 6) is 0.452. The fourth-order valence-corrected chi connectivity index (χ4v) is 4.58. The van der Waals surface area contributed by atoms with Gasteiger partial charge in [-0.05, 0) is 60.9 Å². The minimum absolute atomic E-state index is 0.0565. The maximum Gasteiger partial charge on any atom is 0.251 e. The molecule has 144 valence electrons. The minimum atomic E-state index is -0.144. The van der Waals surface area contributed by atoms with Crippen LogP contribution >= 0.6 is 22.9 Å². The first-order chi connectivity index (χ1) is 13.1. The first kappa shape index (κ1) is 19.9. The van der Waals surface area contributed by atoms with Crippen LogP contribution < -0.4 is 10.6 Å². The molecule has 1 aromatic heterocycles. The van der Waals surface area contributed by atoms with Crippen molar-refractivity contribution in [1.82, 2.24) is 10.6 Å². The number of amides is 2. The van der Waals surface area contributed by atoms with Crippen LogP contribution in [0.1, 0.15) is 59.8 Å². The first-order valence-electron chi connectivity index (χ1n) is 9.50. The number of carbonyl (C=O) groups excluding carboxylic acids is 2. The smallest absolute Gasteiger partial charge is 0.251 e. The normalized spacial score (nSPS) is 15.4. The molecule has 1 aromatic carbocycles. The quantitative estimate of drug-likeness (QED) is 0.611. The Morgan fingerprint density at radius 3 is 2.56 bits per heavy atom. The number of benzene rings is 1. The molecule has 6 heteroatoms. The summed E-state index contributed by atoms with van der Waals surface area (Å²) in [6.45, 7) is 0.474. The molecule has 2 aromatic rings. The van der Waals surface area contributed by atoms with Gasteiger partial charge in [0.05, 0.1) is 6.04 Å². The zero-order chi connectivity index (χ0) is 19.1. The van der Waals surface area contributed by atoms with Crippen molar-refractivity contribution >= 4 is 34.8 Å². The molecule has 0 radical (unpaired) electrons. The number of hydrogen-bond acceptors (Lipinski definition) is 3. The van der Waals surface area contributed by atoms with E-state index in [1.54, 1.807) is 35.6 Å². The van der Waals surface area contributed by atoms with Crippen LogP contribution in [0.25, 0.3) is 0 Å². The molecule has 1 fully saturated rings. The lowest BCUT2D eigenvalue weighted by molar-refractivity contribution is -0.122. The lowest BCUT2D eigenvalue weighted by atomic mass is 9.96. The molecule has 0 saturated heterocycles. The average molecular weight is 405 g/mol. The minimum Gasteiger partial charge on any atom is -0.352 e. The van der Waals surface area contributed by atoms with Gasteiger partial charge in [-0.25, -0.2) is 0 Å². The Morgan fingerprint density at radius 2 is 1.89 bits per heavy atom. The SMILES string of the molecule is O=C(CCCNC(=O)c1ccc(Cl)cc1)NC(c1cccs1)C1CCCC1. The topological polar surface area (TPSA) is 58.2 Å². The highest BCUT2D eigenvalue weighted by molar-refractivity contribution is 7.10. The predicted molar refractivity (Wildman–Crippen MR) is 110 cm³/mol. The van der Waals surface area contributed by atoms with Crippen molar-refractivity contribution in [3.63, 3.8) is 0 Å². The Labute approximate surface area is 169 Å². The molecule has 1 heterocycles. The fourth-order valence-electron chi connectivity index (χ4n) is 3.58. The van der Waals surface area contributed by atoms with E-state index in [1.165, 1.54) is 30.6 Å². The predicted octanol–water partition coefficient (Wildman–Crippen LogP) is 4.96. The highest BCUT2D eigenvalue weighted by atomic mass is 35.5. The lowest BCUT2D eigenvalue weighted by Crippen LogP contribution is -2.33. The third-order valence-corrected chi connectivity index (χ3v) is 6.22. The van der Waals surface area contributed by atoms with Crippen molar-refractivity contribution in [2.45, 2.75) is 44.6 Å². The van der Waals surface area contributed by atoms with Crippen molar-refractivity contribution in [2.75, 3.05) is 6.54 Å². The average Bonchev–Trinajstić information content (AvgIpc) is 3.38. The van der Waals surface area contributed by atoms with Crippen molar-refractivity contribution in [3.05, 3.63) is 57.2 Å². The van der Waals surface area contributed by atoms with Gasteiger partial charge in [0.25, 0.3) is 5.91 Å². The molecular formula is C21H25ClN2O2S. The Hall–Kier alpha value is -1.85. The zero-order valence-corrected chi connectivity index (χ0v) is 16.8. The van der Waals surface area contributed by atoms with E-state index in [2.05, 4.69) is 22.1 Å². The Morgan fingerprint density at radius 1 is 1.15 bits per heavy atom. The van der Waals surface area contributed by atoms with Crippen LogP contribution in [0.15, 0.2) is 41.8 Å². The molecule has 1 unspecified atom stereocenters. The molecule has 1 aliphatic rings. The number of rotatable bonds is 8. The van der Waals surface area contributed by atoms with Gasteiger partial charge in [-0.15, -0.1) is 11.3 Å². The van der Waals surface area contributed by atoms with E-state index in [1.807, 2.05) is 6.07 Å². The van der Waals surface area contributed by atoms with E-state index < -0.39 is 0 Å². The van der Waals surface area contributed by atoms with E-state index in [9.17, 15) is 9.59 Å². The zero-order valence-electron chi connectivity index (χ0n) is 15.2. The van der Waals surface area contributed by atoms with E-state index in [0.29, 0.717) is 35.9 Å². The van der Waals surface area contributed by atoms with Crippen molar-refractivity contribution in [1.29, 1.82) is 0 Å². The number of carbonyl (C=O) groups is 2.